The third kappa shape index (κ3) is 2.90. The van der Waals surface area contributed by atoms with Crippen LogP contribution >= 0.6 is 11.3 Å². The quantitative estimate of drug-likeness (QED) is 0.779. The van der Waals surface area contributed by atoms with Gasteiger partial charge in [0.25, 0.3) is 5.91 Å². The maximum absolute atomic E-state index is 12.5. The summed E-state index contributed by atoms with van der Waals surface area (Å²) in [6, 6.07) is 5.73. The van der Waals surface area contributed by atoms with Crippen molar-refractivity contribution in [2.45, 2.75) is 27.7 Å². The van der Waals surface area contributed by atoms with E-state index in [1.807, 2.05) is 39.0 Å². The van der Waals surface area contributed by atoms with E-state index in [9.17, 15) is 4.79 Å². The SMILES string of the molecule is Cc1nc(NC(=O)c2c(C)oc(C)c2C)sc1-c1ccccn1. The van der Waals surface area contributed by atoms with E-state index >= 15 is 0 Å². The van der Waals surface area contributed by atoms with E-state index < -0.39 is 0 Å². The molecule has 3 heterocycles. The molecule has 0 saturated carbocycles. The predicted octanol–water partition coefficient (Wildman–Crippen LogP) is 4.28. The lowest BCUT2D eigenvalue weighted by atomic mass is 10.1. The summed E-state index contributed by atoms with van der Waals surface area (Å²) in [5.41, 5.74) is 3.14. The van der Waals surface area contributed by atoms with E-state index in [0.717, 1.165) is 27.6 Å². The van der Waals surface area contributed by atoms with E-state index in [2.05, 4.69) is 15.3 Å². The number of pyridine rings is 1. The minimum atomic E-state index is -0.196. The summed E-state index contributed by atoms with van der Waals surface area (Å²) in [6.07, 6.45) is 1.74. The number of carbonyl (C=O) groups excluding carboxylic acids is 1. The Labute approximate surface area is 138 Å². The van der Waals surface area contributed by atoms with Gasteiger partial charge in [0, 0.05) is 11.8 Å². The Morgan fingerprint density at radius 3 is 2.57 bits per heavy atom. The first-order valence-electron chi connectivity index (χ1n) is 7.24. The lowest BCUT2D eigenvalue weighted by Gasteiger charge is -2.01. The average Bonchev–Trinajstić information content (AvgIpc) is 3.00. The van der Waals surface area contributed by atoms with Crippen molar-refractivity contribution in [3.63, 3.8) is 0 Å². The molecule has 6 heteroatoms. The number of nitrogens with zero attached hydrogens (tertiary/aromatic N) is 2. The van der Waals surface area contributed by atoms with Crippen molar-refractivity contribution < 1.29 is 9.21 Å². The maximum Gasteiger partial charge on any atom is 0.261 e. The first-order valence-corrected chi connectivity index (χ1v) is 8.05. The number of rotatable bonds is 3. The Bertz CT molecular complexity index is 866. The standard InChI is InChI=1S/C17H17N3O2S/c1-9-11(3)22-12(4)14(9)16(21)20-17-19-10(2)15(23-17)13-7-5-6-8-18-13/h5-8H,1-4H3,(H,19,20,21). The van der Waals surface area contributed by atoms with Crippen LogP contribution < -0.4 is 5.32 Å². The van der Waals surface area contributed by atoms with Gasteiger partial charge in [-0.1, -0.05) is 17.4 Å². The molecule has 3 aromatic heterocycles. The van der Waals surface area contributed by atoms with Gasteiger partial charge in [0.1, 0.15) is 11.5 Å². The fourth-order valence-corrected chi connectivity index (χ4v) is 3.41. The second-order valence-electron chi connectivity index (χ2n) is 5.32. The largest absolute Gasteiger partial charge is 0.466 e. The third-order valence-electron chi connectivity index (χ3n) is 3.70. The molecule has 3 aromatic rings. The summed E-state index contributed by atoms with van der Waals surface area (Å²) in [5, 5.41) is 3.43. The predicted molar refractivity (Wildman–Crippen MR) is 91.0 cm³/mol. The minimum absolute atomic E-state index is 0.196. The molecule has 23 heavy (non-hydrogen) atoms. The van der Waals surface area contributed by atoms with E-state index in [-0.39, 0.29) is 5.91 Å². The van der Waals surface area contributed by atoms with Crippen LogP contribution in [0.3, 0.4) is 0 Å². The zero-order chi connectivity index (χ0) is 16.6. The number of hydrogen-bond donors (Lipinski definition) is 1. The van der Waals surface area contributed by atoms with Crippen molar-refractivity contribution in [3.8, 4) is 10.6 Å². The zero-order valence-electron chi connectivity index (χ0n) is 13.4. The summed E-state index contributed by atoms with van der Waals surface area (Å²) >= 11 is 1.42. The van der Waals surface area contributed by atoms with E-state index in [0.29, 0.717) is 16.5 Å². The molecule has 0 radical (unpaired) electrons. The van der Waals surface area contributed by atoms with Crippen LogP contribution in [0.2, 0.25) is 0 Å². The monoisotopic (exact) mass is 327 g/mol. The molecular weight excluding hydrogens is 310 g/mol. The van der Waals surface area contributed by atoms with Crippen LogP contribution in [0.15, 0.2) is 28.8 Å². The van der Waals surface area contributed by atoms with E-state index in [1.54, 1.807) is 13.1 Å². The molecule has 118 valence electrons. The first kappa shape index (κ1) is 15.4. The number of nitrogens with one attached hydrogen (secondary N) is 1. The van der Waals surface area contributed by atoms with Crippen LogP contribution in [0.5, 0.6) is 0 Å². The van der Waals surface area contributed by atoms with Gasteiger partial charge in [-0.05, 0) is 39.8 Å². The molecule has 5 nitrogen and oxygen atoms in total. The number of aryl methyl sites for hydroxylation is 3. The number of anilines is 1. The Kier molecular flexibility index (Phi) is 4.00. The summed E-state index contributed by atoms with van der Waals surface area (Å²) in [6.45, 7) is 7.44. The first-order chi connectivity index (χ1) is 11.0. The number of furan rings is 1. The van der Waals surface area contributed by atoms with Crippen LogP contribution in [0.4, 0.5) is 5.13 Å². The van der Waals surface area contributed by atoms with Gasteiger partial charge in [-0.15, -0.1) is 0 Å². The van der Waals surface area contributed by atoms with Crippen LogP contribution in [0, 0.1) is 27.7 Å². The summed E-state index contributed by atoms with van der Waals surface area (Å²) in [4.78, 5) is 22.2. The van der Waals surface area contributed by atoms with Crippen molar-refractivity contribution in [1.82, 2.24) is 9.97 Å². The Morgan fingerprint density at radius 2 is 1.96 bits per heavy atom. The minimum Gasteiger partial charge on any atom is -0.466 e. The highest BCUT2D eigenvalue weighted by Gasteiger charge is 2.20. The van der Waals surface area contributed by atoms with Gasteiger partial charge in [0.05, 0.1) is 21.8 Å². The van der Waals surface area contributed by atoms with Gasteiger partial charge in [-0.3, -0.25) is 15.1 Å². The molecule has 0 aliphatic rings. The number of hydrogen-bond acceptors (Lipinski definition) is 5. The average molecular weight is 327 g/mol. The van der Waals surface area contributed by atoms with Gasteiger partial charge in [-0.25, -0.2) is 4.98 Å². The normalized spacial score (nSPS) is 10.8. The van der Waals surface area contributed by atoms with E-state index in [4.69, 9.17) is 4.42 Å². The number of aromatic nitrogens is 2. The zero-order valence-corrected chi connectivity index (χ0v) is 14.2. The fourth-order valence-electron chi connectivity index (χ4n) is 2.47. The number of thiazole rings is 1. The summed E-state index contributed by atoms with van der Waals surface area (Å²) < 4.78 is 5.51. The van der Waals surface area contributed by atoms with Gasteiger partial charge in [0.2, 0.25) is 0 Å². The molecule has 0 aromatic carbocycles. The number of amides is 1. The van der Waals surface area contributed by atoms with Crippen molar-refractivity contribution in [2.24, 2.45) is 0 Å². The maximum atomic E-state index is 12.5. The summed E-state index contributed by atoms with van der Waals surface area (Å²) in [5.74, 6) is 1.19. The second kappa shape index (κ2) is 5.96. The van der Waals surface area contributed by atoms with Crippen LogP contribution in [0.25, 0.3) is 10.6 Å². The lowest BCUT2D eigenvalue weighted by molar-refractivity contribution is 0.102. The smallest absolute Gasteiger partial charge is 0.261 e. The molecule has 0 unspecified atom stereocenters. The van der Waals surface area contributed by atoms with Crippen LogP contribution in [-0.2, 0) is 0 Å². The lowest BCUT2D eigenvalue weighted by Crippen LogP contribution is -2.13. The second-order valence-corrected chi connectivity index (χ2v) is 6.32. The Balaban J connectivity index is 1.88. The summed E-state index contributed by atoms with van der Waals surface area (Å²) in [7, 11) is 0. The molecule has 0 fully saturated rings. The molecule has 0 saturated heterocycles. The van der Waals surface area contributed by atoms with Gasteiger partial charge >= 0.3 is 0 Å². The van der Waals surface area contributed by atoms with Crippen molar-refractivity contribution in [3.05, 3.63) is 52.7 Å². The molecule has 0 aliphatic carbocycles. The van der Waals surface area contributed by atoms with Crippen LogP contribution in [-0.4, -0.2) is 15.9 Å². The third-order valence-corrected chi connectivity index (χ3v) is 4.80. The molecule has 0 aliphatic heterocycles. The molecule has 0 bridgehead atoms. The highest BCUT2D eigenvalue weighted by molar-refractivity contribution is 7.19. The van der Waals surface area contributed by atoms with Gasteiger partial charge < -0.3 is 4.42 Å². The van der Waals surface area contributed by atoms with Gasteiger partial charge in [0.15, 0.2) is 5.13 Å². The topological polar surface area (TPSA) is 68.0 Å². The Hall–Kier alpha value is -2.47. The molecular formula is C17H17N3O2S. The van der Waals surface area contributed by atoms with E-state index in [1.165, 1.54) is 11.3 Å². The number of carbonyl (C=O) groups is 1. The highest BCUT2D eigenvalue weighted by atomic mass is 32.1. The fraction of sp³-hybridized carbons (Fsp3) is 0.235. The molecule has 0 spiro atoms. The Morgan fingerprint density at radius 1 is 1.17 bits per heavy atom. The van der Waals surface area contributed by atoms with Crippen molar-refractivity contribution >= 4 is 22.4 Å². The van der Waals surface area contributed by atoms with Crippen molar-refractivity contribution in [1.29, 1.82) is 0 Å². The van der Waals surface area contributed by atoms with Crippen molar-refractivity contribution in [2.75, 3.05) is 5.32 Å². The molecule has 1 N–H and O–H groups in total. The molecule has 1 amide bonds. The molecule has 0 atom stereocenters. The van der Waals surface area contributed by atoms with Crippen LogP contribution in [0.1, 0.15) is 33.1 Å². The highest BCUT2D eigenvalue weighted by Crippen LogP contribution is 2.32. The molecule has 3 rings (SSSR count). The van der Waals surface area contributed by atoms with Gasteiger partial charge in [-0.2, -0.15) is 0 Å².